The minimum Gasteiger partial charge on any atom is -0.270 e. The predicted molar refractivity (Wildman–Crippen MR) is 128 cm³/mol. The SMILES string of the molecule is Cc1c(Cl)cccc1-n1c(SCCCS(=O)(=O)c2ccccc2)nnc1-c1ccncc1. The first-order valence-corrected chi connectivity index (χ1v) is 13.0. The van der Waals surface area contributed by atoms with E-state index in [1.807, 2.05) is 41.8 Å². The smallest absolute Gasteiger partial charge is 0.196 e. The molecule has 0 radical (unpaired) electrons. The Morgan fingerprint density at radius 2 is 1.72 bits per heavy atom. The third-order valence-corrected chi connectivity index (χ3v) is 8.18. The first kappa shape index (κ1) is 22.5. The number of hydrogen-bond donors (Lipinski definition) is 0. The van der Waals surface area contributed by atoms with Crippen LogP contribution in [0.25, 0.3) is 17.1 Å². The monoisotopic (exact) mass is 484 g/mol. The van der Waals surface area contributed by atoms with Gasteiger partial charge in [-0.2, -0.15) is 0 Å². The van der Waals surface area contributed by atoms with E-state index in [4.69, 9.17) is 11.6 Å². The number of rotatable bonds is 8. The van der Waals surface area contributed by atoms with E-state index in [-0.39, 0.29) is 5.75 Å². The Morgan fingerprint density at radius 3 is 2.47 bits per heavy atom. The van der Waals surface area contributed by atoms with E-state index in [0.29, 0.717) is 33.1 Å². The molecule has 4 aromatic rings. The maximum absolute atomic E-state index is 12.5. The Hall–Kier alpha value is -2.68. The first-order chi connectivity index (χ1) is 15.5. The summed E-state index contributed by atoms with van der Waals surface area (Å²) in [6.45, 7) is 1.95. The van der Waals surface area contributed by atoms with Gasteiger partial charge in [-0.15, -0.1) is 10.2 Å². The Kier molecular flexibility index (Phi) is 6.93. The van der Waals surface area contributed by atoms with Crippen molar-refractivity contribution in [1.82, 2.24) is 19.7 Å². The maximum Gasteiger partial charge on any atom is 0.196 e. The zero-order valence-electron chi connectivity index (χ0n) is 17.3. The third kappa shape index (κ3) is 4.87. The summed E-state index contributed by atoms with van der Waals surface area (Å²) in [6, 6.07) is 18.0. The zero-order valence-corrected chi connectivity index (χ0v) is 19.7. The zero-order chi connectivity index (χ0) is 22.6. The molecule has 4 rings (SSSR count). The fourth-order valence-corrected chi connectivity index (χ4v) is 5.83. The molecule has 164 valence electrons. The summed E-state index contributed by atoms with van der Waals surface area (Å²) in [5.74, 6) is 1.34. The fraction of sp³-hybridized carbons (Fsp3) is 0.174. The Morgan fingerprint density at radius 1 is 0.969 bits per heavy atom. The van der Waals surface area contributed by atoms with Crippen molar-refractivity contribution in [2.75, 3.05) is 11.5 Å². The van der Waals surface area contributed by atoms with Crippen molar-refractivity contribution < 1.29 is 8.42 Å². The lowest BCUT2D eigenvalue weighted by Crippen LogP contribution is -2.08. The molecule has 0 unspecified atom stereocenters. The van der Waals surface area contributed by atoms with Crippen molar-refractivity contribution in [1.29, 1.82) is 0 Å². The van der Waals surface area contributed by atoms with Gasteiger partial charge in [0.1, 0.15) is 0 Å². The van der Waals surface area contributed by atoms with Crippen molar-refractivity contribution in [3.05, 3.63) is 83.6 Å². The molecule has 0 spiro atoms. The largest absolute Gasteiger partial charge is 0.270 e. The molecule has 0 bridgehead atoms. The van der Waals surface area contributed by atoms with Crippen LogP contribution in [-0.2, 0) is 9.84 Å². The van der Waals surface area contributed by atoms with Crippen molar-refractivity contribution in [2.45, 2.75) is 23.4 Å². The fourth-order valence-electron chi connectivity index (χ4n) is 3.26. The third-order valence-electron chi connectivity index (χ3n) is 4.94. The quantitative estimate of drug-likeness (QED) is 0.251. The molecule has 2 heterocycles. The highest BCUT2D eigenvalue weighted by molar-refractivity contribution is 7.99. The van der Waals surface area contributed by atoms with Crippen LogP contribution in [0.3, 0.4) is 0 Å². The minimum absolute atomic E-state index is 0.0750. The van der Waals surface area contributed by atoms with Gasteiger partial charge >= 0.3 is 0 Å². The lowest BCUT2D eigenvalue weighted by atomic mass is 10.2. The summed E-state index contributed by atoms with van der Waals surface area (Å²) in [7, 11) is -3.31. The Balaban J connectivity index is 1.58. The van der Waals surface area contributed by atoms with Gasteiger partial charge in [0.2, 0.25) is 0 Å². The van der Waals surface area contributed by atoms with Gasteiger partial charge in [-0.25, -0.2) is 8.42 Å². The van der Waals surface area contributed by atoms with Gasteiger partial charge in [0.15, 0.2) is 20.8 Å². The van der Waals surface area contributed by atoms with Crippen LogP contribution in [0.5, 0.6) is 0 Å². The summed E-state index contributed by atoms with van der Waals surface area (Å²) in [4.78, 5) is 4.43. The Labute approximate surface area is 196 Å². The van der Waals surface area contributed by atoms with Gasteiger partial charge in [0, 0.05) is 28.7 Å². The molecule has 6 nitrogen and oxygen atoms in total. The molecule has 0 saturated carbocycles. The van der Waals surface area contributed by atoms with Crippen molar-refractivity contribution >= 4 is 33.2 Å². The van der Waals surface area contributed by atoms with Gasteiger partial charge in [-0.1, -0.05) is 47.6 Å². The highest BCUT2D eigenvalue weighted by Crippen LogP contribution is 2.31. The van der Waals surface area contributed by atoms with Crippen LogP contribution in [0.4, 0.5) is 0 Å². The molecule has 0 N–H and O–H groups in total. The first-order valence-electron chi connectivity index (χ1n) is 9.99. The molecule has 0 fully saturated rings. The molecule has 2 aromatic heterocycles. The van der Waals surface area contributed by atoms with Crippen molar-refractivity contribution in [2.24, 2.45) is 0 Å². The summed E-state index contributed by atoms with van der Waals surface area (Å²) < 4.78 is 27.0. The standard InChI is InChI=1S/C23H21ClN4O2S2/c1-17-20(24)9-5-10-21(17)28-22(18-11-13-25-14-12-18)26-27-23(28)31-15-6-16-32(29,30)19-7-3-2-4-8-19/h2-5,7-14H,6,15-16H2,1H3. The summed E-state index contributed by atoms with van der Waals surface area (Å²) in [5, 5.41) is 10.1. The number of nitrogens with zero attached hydrogens (tertiary/aromatic N) is 4. The van der Waals surface area contributed by atoms with E-state index in [1.54, 1.807) is 42.7 Å². The second kappa shape index (κ2) is 9.85. The highest BCUT2D eigenvalue weighted by atomic mass is 35.5. The molecule has 0 aliphatic heterocycles. The number of hydrogen-bond acceptors (Lipinski definition) is 6. The predicted octanol–water partition coefficient (Wildman–Crippen LogP) is 5.25. The van der Waals surface area contributed by atoms with Crippen LogP contribution in [0.1, 0.15) is 12.0 Å². The lowest BCUT2D eigenvalue weighted by Gasteiger charge is -2.14. The Bertz CT molecular complexity index is 1310. The van der Waals surface area contributed by atoms with E-state index in [9.17, 15) is 8.42 Å². The second-order valence-corrected chi connectivity index (χ2v) is 10.7. The van der Waals surface area contributed by atoms with Gasteiger partial charge in [-0.3, -0.25) is 9.55 Å². The average molecular weight is 485 g/mol. The normalized spacial score (nSPS) is 11.6. The summed E-state index contributed by atoms with van der Waals surface area (Å²) in [6.07, 6.45) is 3.91. The number of halogens is 1. The van der Waals surface area contributed by atoms with E-state index in [0.717, 1.165) is 16.8 Å². The number of aromatic nitrogens is 4. The topological polar surface area (TPSA) is 77.7 Å². The summed E-state index contributed by atoms with van der Waals surface area (Å²) in [5.41, 5.74) is 2.68. The van der Waals surface area contributed by atoms with Gasteiger partial charge in [0.25, 0.3) is 0 Å². The van der Waals surface area contributed by atoms with Gasteiger partial charge in [0.05, 0.1) is 16.3 Å². The van der Waals surface area contributed by atoms with Crippen LogP contribution in [0, 0.1) is 6.92 Å². The molecule has 2 aromatic carbocycles. The molecular weight excluding hydrogens is 464 g/mol. The number of thioether (sulfide) groups is 1. The molecule has 32 heavy (non-hydrogen) atoms. The van der Waals surface area contributed by atoms with Crippen LogP contribution in [0.2, 0.25) is 5.02 Å². The molecule has 0 aliphatic carbocycles. The number of pyridine rings is 1. The van der Waals surface area contributed by atoms with E-state index in [1.165, 1.54) is 11.8 Å². The number of benzene rings is 2. The van der Waals surface area contributed by atoms with Crippen LogP contribution >= 0.6 is 23.4 Å². The van der Waals surface area contributed by atoms with Crippen molar-refractivity contribution in [3.63, 3.8) is 0 Å². The number of sulfone groups is 1. The van der Waals surface area contributed by atoms with E-state index < -0.39 is 9.84 Å². The molecule has 0 saturated heterocycles. The average Bonchev–Trinajstić information content (AvgIpc) is 3.23. The van der Waals surface area contributed by atoms with Crippen LogP contribution < -0.4 is 0 Å². The lowest BCUT2D eigenvalue weighted by molar-refractivity contribution is 0.595. The van der Waals surface area contributed by atoms with Crippen molar-refractivity contribution in [3.8, 4) is 17.1 Å². The maximum atomic E-state index is 12.5. The minimum atomic E-state index is -3.31. The van der Waals surface area contributed by atoms with E-state index >= 15 is 0 Å². The van der Waals surface area contributed by atoms with Crippen LogP contribution in [0.15, 0.2) is 83.1 Å². The second-order valence-electron chi connectivity index (χ2n) is 7.10. The van der Waals surface area contributed by atoms with E-state index in [2.05, 4.69) is 15.2 Å². The van der Waals surface area contributed by atoms with Crippen LogP contribution in [-0.4, -0.2) is 39.7 Å². The van der Waals surface area contributed by atoms with Gasteiger partial charge in [-0.05, 0) is 55.3 Å². The highest BCUT2D eigenvalue weighted by Gasteiger charge is 2.19. The van der Waals surface area contributed by atoms with Gasteiger partial charge < -0.3 is 0 Å². The molecule has 0 amide bonds. The molecule has 9 heteroatoms. The molecule has 0 aliphatic rings. The summed E-state index contributed by atoms with van der Waals surface area (Å²) >= 11 is 7.85. The molecule has 0 atom stereocenters. The molecular formula is C23H21ClN4O2S2.